The van der Waals surface area contributed by atoms with Crippen LogP contribution in [-0.2, 0) is 4.79 Å². The van der Waals surface area contributed by atoms with Crippen molar-refractivity contribution in [3.63, 3.8) is 0 Å². The summed E-state index contributed by atoms with van der Waals surface area (Å²) in [4.78, 5) is 22.4. The van der Waals surface area contributed by atoms with E-state index in [1.165, 1.54) is 0 Å². The number of nitrogens with zero attached hydrogens (tertiary/aromatic N) is 1. The average molecular weight is 257 g/mol. The molecule has 1 heterocycles. The number of carbonyl (C=O) groups excluding carboxylic acids is 2. The van der Waals surface area contributed by atoms with E-state index in [0.717, 1.165) is 11.3 Å². The third-order valence-corrected chi connectivity index (χ3v) is 2.97. The molecule has 2 rings (SSSR count). The van der Waals surface area contributed by atoms with Crippen molar-refractivity contribution in [3.05, 3.63) is 41.5 Å². The maximum absolute atomic E-state index is 11.3. The fourth-order valence-electron chi connectivity index (χ4n) is 1.91. The first-order valence-electron chi connectivity index (χ1n) is 6.01. The smallest absolute Gasteiger partial charge is 0.249 e. The molecule has 5 nitrogen and oxygen atoms in total. The third-order valence-electron chi connectivity index (χ3n) is 2.97. The van der Waals surface area contributed by atoms with Gasteiger partial charge in [0, 0.05) is 17.9 Å². The molecule has 1 aliphatic rings. The summed E-state index contributed by atoms with van der Waals surface area (Å²) in [6, 6.07) is 7.08. The van der Waals surface area contributed by atoms with Gasteiger partial charge in [-0.05, 0) is 17.7 Å². The van der Waals surface area contributed by atoms with Gasteiger partial charge >= 0.3 is 0 Å². The molecule has 2 amide bonds. The van der Waals surface area contributed by atoms with Gasteiger partial charge in [0.1, 0.15) is 0 Å². The molecule has 19 heavy (non-hydrogen) atoms. The van der Waals surface area contributed by atoms with Crippen LogP contribution in [0.3, 0.4) is 0 Å². The molecule has 0 bridgehead atoms. The maximum Gasteiger partial charge on any atom is 0.249 e. The number of allylic oxidation sites excluding steroid dienone is 1. The number of nitrogens with one attached hydrogen (secondary N) is 1. The van der Waals surface area contributed by atoms with Gasteiger partial charge in [-0.15, -0.1) is 0 Å². The normalized spacial score (nSPS) is 19.1. The lowest BCUT2D eigenvalue weighted by Crippen LogP contribution is -2.30. The molecule has 98 valence electrons. The number of hydrogen-bond donors (Lipinski definition) is 2. The highest BCUT2D eigenvalue weighted by Crippen LogP contribution is 2.14. The van der Waals surface area contributed by atoms with Crippen LogP contribution < -0.4 is 11.2 Å². The number of nitrogens with two attached hydrogens (primary N) is 1. The van der Waals surface area contributed by atoms with Crippen LogP contribution in [0.1, 0.15) is 29.3 Å². The minimum absolute atomic E-state index is 0.0609. The first-order chi connectivity index (χ1) is 9.08. The lowest BCUT2D eigenvalue weighted by molar-refractivity contribution is -0.121. The molecule has 0 radical (unpaired) electrons. The molecule has 0 aromatic heterocycles. The molecule has 0 fully saturated rings. The van der Waals surface area contributed by atoms with E-state index in [-0.39, 0.29) is 11.8 Å². The number of primary amides is 1. The second kappa shape index (κ2) is 5.48. The first-order valence-corrected chi connectivity index (χ1v) is 6.01. The molecular weight excluding hydrogens is 242 g/mol. The van der Waals surface area contributed by atoms with Crippen LogP contribution in [-0.4, -0.2) is 17.5 Å². The van der Waals surface area contributed by atoms with E-state index < -0.39 is 5.91 Å². The fourth-order valence-corrected chi connectivity index (χ4v) is 1.91. The van der Waals surface area contributed by atoms with Gasteiger partial charge in [0.25, 0.3) is 0 Å². The molecule has 5 heteroatoms. The summed E-state index contributed by atoms with van der Waals surface area (Å²) in [5.74, 6) is -0.486. The van der Waals surface area contributed by atoms with Crippen LogP contribution in [0.5, 0.6) is 0 Å². The Bertz CT molecular complexity index is 576. The molecule has 3 N–H and O–H groups in total. The van der Waals surface area contributed by atoms with Crippen molar-refractivity contribution in [2.24, 2.45) is 16.8 Å². The summed E-state index contributed by atoms with van der Waals surface area (Å²) in [6.45, 7) is 1.93. The number of hydrazone groups is 1. The summed E-state index contributed by atoms with van der Waals surface area (Å²) in [6.07, 6.45) is 4.00. The van der Waals surface area contributed by atoms with Crippen molar-refractivity contribution in [1.29, 1.82) is 0 Å². The van der Waals surface area contributed by atoms with E-state index in [0.29, 0.717) is 12.0 Å². The second-order valence-corrected chi connectivity index (χ2v) is 4.46. The standard InChI is InChI=1S/C14H15N3O2/c1-9-8-13(18)17-16-12(9)7-6-10-4-2-3-5-11(10)14(15)19/h2-7,9H,8H2,1H3,(H2,15,19)(H,17,18). The molecule has 1 atom stereocenters. The van der Waals surface area contributed by atoms with Gasteiger partial charge in [0.15, 0.2) is 0 Å². The highest BCUT2D eigenvalue weighted by atomic mass is 16.2. The van der Waals surface area contributed by atoms with Crippen molar-refractivity contribution in [2.75, 3.05) is 0 Å². The Morgan fingerprint density at radius 3 is 2.84 bits per heavy atom. The monoisotopic (exact) mass is 257 g/mol. The Balaban J connectivity index is 2.24. The summed E-state index contributed by atoms with van der Waals surface area (Å²) in [5.41, 5.74) is 9.73. The van der Waals surface area contributed by atoms with Crippen LogP contribution in [0.4, 0.5) is 0 Å². The van der Waals surface area contributed by atoms with Gasteiger partial charge in [-0.1, -0.05) is 31.2 Å². The highest BCUT2D eigenvalue weighted by Gasteiger charge is 2.18. The SMILES string of the molecule is CC1CC(=O)NN=C1C=Cc1ccccc1C(N)=O. The second-order valence-electron chi connectivity index (χ2n) is 4.46. The van der Waals surface area contributed by atoms with Crippen molar-refractivity contribution in [2.45, 2.75) is 13.3 Å². The first kappa shape index (κ1) is 13.0. The zero-order valence-electron chi connectivity index (χ0n) is 10.6. The average Bonchev–Trinajstić information content (AvgIpc) is 2.38. The quantitative estimate of drug-likeness (QED) is 0.855. The van der Waals surface area contributed by atoms with Crippen molar-refractivity contribution >= 4 is 23.6 Å². The Labute approximate surface area is 111 Å². The molecule has 1 aromatic carbocycles. The minimum atomic E-state index is -0.466. The number of hydrogen-bond acceptors (Lipinski definition) is 3. The Kier molecular flexibility index (Phi) is 3.75. The molecule has 0 saturated heterocycles. The van der Waals surface area contributed by atoms with E-state index >= 15 is 0 Å². The van der Waals surface area contributed by atoms with Gasteiger partial charge in [-0.2, -0.15) is 5.10 Å². The number of carbonyl (C=O) groups is 2. The topological polar surface area (TPSA) is 84.6 Å². The minimum Gasteiger partial charge on any atom is -0.366 e. The molecule has 0 spiro atoms. The van der Waals surface area contributed by atoms with Crippen molar-refractivity contribution in [3.8, 4) is 0 Å². The third kappa shape index (κ3) is 3.07. The summed E-state index contributed by atoms with van der Waals surface area (Å²) < 4.78 is 0. The van der Waals surface area contributed by atoms with Crippen molar-refractivity contribution < 1.29 is 9.59 Å². The van der Waals surface area contributed by atoms with E-state index in [1.54, 1.807) is 24.3 Å². The van der Waals surface area contributed by atoms with Gasteiger partial charge in [-0.25, -0.2) is 5.43 Å². The Morgan fingerprint density at radius 1 is 1.42 bits per heavy atom. The molecule has 1 aromatic rings. The van der Waals surface area contributed by atoms with Gasteiger partial charge < -0.3 is 5.73 Å². The highest BCUT2D eigenvalue weighted by molar-refractivity contribution is 6.05. The molecular formula is C14H15N3O2. The van der Waals surface area contributed by atoms with Gasteiger partial charge in [0.2, 0.25) is 11.8 Å². The van der Waals surface area contributed by atoms with E-state index in [9.17, 15) is 9.59 Å². The summed E-state index contributed by atoms with van der Waals surface area (Å²) >= 11 is 0. The van der Waals surface area contributed by atoms with Crippen LogP contribution >= 0.6 is 0 Å². The number of rotatable bonds is 3. The zero-order valence-corrected chi connectivity index (χ0v) is 10.6. The van der Waals surface area contributed by atoms with E-state index in [2.05, 4.69) is 10.5 Å². The van der Waals surface area contributed by atoms with Crippen LogP contribution in [0.2, 0.25) is 0 Å². The molecule has 1 unspecified atom stereocenters. The lowest BCUT2D eigenvalue weighted by atomic mass is 9.98. The summed E-state index contributed by atoms with van der Waals surface area (Å²) in [5, 5.41) is 4.00. The Morgan fingerprint density at radius 2 is 2.16 bits per heavy atom. The fraction of sp³-hybridized carbons (Fsp3) is 0.214. The largest absolute Gasteiger partial charge is 0.366 e. The van der Waals surface area contributed by atoms with Crippen molar-refractivity contribution in [1.82, 2.24) is 5.43 Å². The predicted molar refractivity (Wildman–Crippen MR) is 73.4 cm³/mol. The van der Waals surface area contributed by atoms with Crippen LogP contribution in [0.15, 0.2) is 35.4 Å². The number of amides is 2. The molecule has 1 aliphatic heterocycles. The zero-order chi connectivity index (χ0) is 13.8. The van der Waals surface area contributed by atoms with E-state index in [4.69, 9.17) is 5.73 Å². The van der Waals surface area contributed by atoms with Crippen LogP contribution in [0.25, 0.3) is 6.08 Å². The van der Waals surface area contributed by atoms with Crippen LogP contribution in [0, 0.1) is 5.92 Å². The molecule has 0 aliphatic carbocycles. The van der Waals surface area contributed by atoms with Gasteiger partial charge in [-0.3, -0.25) is 9.59 Å². The number of benzene rings is 1. The van der Waals surface area contributed by atoms with E-state index in [1.807, 2.05) is 19.1 Å². The predicted octanol–water partition coefficient (Wildman–Crippen LogP) is 1.31. The Hall–Kier alpha value is -2.43. The van der Waals surface area contributed by atoms with Gasteiger partial charge in [0.05, 0.1) is 5.71 Å². The molecule has 0 saturated carbocycles. The maximum atomic E-state index is 11.3. The summed E-state index contributed by atoms with van der Waals surface area (Å²) in [7, 11) is 0. The lowest BCUT2D eigenvalue weighted by Gasteiger charge is -2.16.